The van der Waals surface area contributed by atoms with Crippen molar-refractivity contribution in [1.29, 1.82) is 0 Å². The molecule has 0 saturated heterocycles. The normalized spacial score (nSPS) is 10.8. The largest absolute Gasteiger partial charge is 0.320 e. The average molecular weight is 414 g/mol. The summed E-state index contributed by atoms with van der Waals surface area (Å²) in [6.07, 6.45) is 0. The van der Waals surface area contributed by atoms with Crippen molar-refractivity contribution in [2.75, 3.05) is 11.1 Å². The van der Waals surface area contributed by atoms with Gasteiger partial charge in [-0.2, -0.15) is 0 Å². The van der Waals surface area contributed by atoms with Crippen molar-refractivity contribution in [2.45, 2.75) is 4.34 Å². The third-order valence-electron chi connectivity index (χ3n) is 3.09. The Hall–Kier alpha value is -1.87. The molecule has 0 saturated carbocycles. The van der Waals surface area contributed by atoms with E-state index in [1.54, 1.807) is 12.1 Å². The van der Waals surface area contributed by atoms with Gasteiger partial charge in [0.1, 0.15) is 5.69 Å². The van der Waals surface area contributed by atoms with E-state index in [0.29, 0.717) is 14.4 Å². The zero-order valence-electron chi connectivity index (χ0n) is 12.4. The van der Waals surface area contributed by atoms with Gasteiger partial charge in [0, 0.05) is 16.1 Å². The van der Waals surface area contributed by atoms with Crippen LogP contribution in [-0.4, -0.2) is 21.6 Å². The number of amides is 1. The van der Waals surface area contributed by atoms with E-state index < -0.39 is 4.92 Å². The highest BCUT2D eigenvalue weighted by molar-refractivity contribution is 8.01. The molecule has 0 atom stereocenters. The van der Waals surface area contributed by atoms with Crippen molar-refractivity contribution < 1.29 is 9.72 Å². The fourth-order valence-electron chi connectivity index (χ4n) is 2.02. The highest BCUT2D eigenvalue weighted by Crippen LogP contribution is 2.32. The summed E-state index contributed by atoms with van der Waals surface area (Å²) in [5, 5.41) is 14.4. The second kappa shape index (κ2) is 7.57. The van der Waals surface area contributed by atoms with Crippen LogP contribution >= 0.6 is 46.3 Å². The van der Waals surface area contributed by atoms with E-state index in [2.05, 4.69) is 10.3 Å². The molecule has 2 aromatic carbocycles. The van der Waals surface area contributed by atoms with E-state index in [9.17, 15) is 14.9 Å². The number of benzene rings is 2. The maximum atomic E-state index is 12.1. The number of thioether (sulfide) groups is 1. The molecule has 1 N–H and O–H groups in total. The van der Waals surface area contributed by atoms with E-state index in [1.807, 2.05) is 6.07 Å². The Kier molecular flexibility index (Phi) is 5.43. The Bertz CT molecular complexity index is 978. The molecule has 0 bridgehead atoms. The van der Waals surface area contributed by atoms with Gasteiger partial charge in [0.05, 0.1) is 20.9 Å². The third-order valence-corrected chi connectivity index (χ3v) is 5.74. The number of nitro groups is 1. The van der Waals surface area contributed by atoms with Crippen molar-refractivity contribution >= 4 is 73.8 Å². The molecule has 0 aliphatic carbocycles. The summed E-state index contributed by atoms with van der Waals surface area (Å²) in [6.45, 7) is 0. The maximum absolute atomic E-state index is 12.1. The Labute approximate surface area is 160 Å². The van der Waals surface area contributed by atoms with Crippen molar-refractivity contribution in [3.63, 3.8) is 0 Å². The topological polar surface area (TPSA) is 85.1 Å². The molecule has 0 aliphatic rings. The molecular formula is C15H9Cl2N3O3S2. The molecule has 3 rings (SSSR count). The molecule has 0 unspecified atom stereocenters. The van der Waals surface area contributed by atoms with Crippen LogP contribution in [0.4, 0.5) is 11.4 Å². The summed E-state index contributed by atoms with van der Waals surface area (Å²) in [7, 11) is 0. The number of rotatable bonds is 5. The smallest absolute Gasteiger partial charge is 0.292 e. The van der Waals surface area contributed by atoms with E-state index in [-0.39, 0.29) is 23.0 Å². The number of halogens is 2. The van der Waals surface area contributed by atoms with Crippen LogP contribution in [0.15, 0.2) is 40.7 Å². The third kappa shape index (κ3) is 4.40. The van der Waals surface area contributed by atoms with Crippen LogP contribution in [0.5, 0.6) is 0 Å². The molecule has 6 nitrogen and oxygen atoms in total. The Morgan fingerprint density at radius 2 is 1.96 bits per heavy atom. The monoisotopic (exact) mass is 413 g/mol. The van der Waals surface area contributed by atoms with Crippen LogP contribution < -0.4 is 5.32 Å². The zero-order chi connectivity index (χ0) is 18.0. The lowest BCUT2D eigenvalue weighted by Crippen LogP contribution is -2.15. The molecule has 0 aliphatic heterocycles. The Morgan fingerprint density at radius 3 is 2.72 bits per heavy atom. The van der Waals surface area contributed by atoms with Crippen LogP contribution in [0.2, 0.25) is 10.0 Å². The number of aromatic nitrogens is 1. The van der Waals surface area contributed by atoms with Gasteiger partial charge in [0.25, 0.3) is 5.69 Å². The van der Waals surface area contributed by atoms with Crippen molar-refractivity contribution in [1.82, 2.24) is 4.98 Å². The van der Waals surface area contributed by atoms with Gasteiger partial charge in [0.15, 0.2) is 4.34 Å². The molecule has 128 valence electrons. The summed E-state index contributed by atoms with van der Waals surface area (Å²) < 4.78 is 1.69. The van der Waals surface area contributed by atoms with E-state index >= 15 is 0 Å². The molecule has 0 fully saturated rings. The highest BCUT2D eigenvalue weighted by Gasteiger charge is 2.17. The van der Waals surface area contributed by atoms with E-state index in [4.69, 9.17) is 23.2 Å². The number of anilines is 1. The predicted octanol–water partition coefficient (Wildman–Crippen LogP) is 5.24. The molecule has 1 amide bonds. The first-order valence-electron chi connectivity index (χ1n) is 6.85. The number of hydrogen-bond donors (Lipinski definition) is 1. The molecule has 10 heteroatoms. The van der Waals surface area contributed by atoms with Gasteiger partial charge < -0.3 is 5.32 Å². The van der Waals surface area contributed by atoms with E-state index in [0.717, 1.165) is 10.2 Å². The zero-order valence-corrected chi connectivity index (χ0v) is 15.5. The number of fused-ring (bicyclic) bond motifs is 1. The summed E-state index contributed by atoms with van der Waals surface area (Å²) in [6, 6.07) is 9.41. The van der Waals surface area contributed by atoms with Crippen LogP contribution in [0.3, 0.4) is 0 Å². The minimum absolute atomic E-state index is 0.0667. The average Bonchev–Trinajstić information content (AvgIpc) is 2.94. The number of nitro benzene ring substituents is 1. The van der Waals surface area contributed by atoms with Gasteiger partial charge in [-0.1, -0.05) is 35.0 Å². The van der Waals surface area contributed by atoms with Gasteiger partial charge in [-0.25, -0.2) is 4.98 Å². The molecule has 1 heterocycles. The van der Waals surface area contributed by atoms with Crippen LogP contribution in [0, 0.1) is 10.1 Å². The number of hydrogen-bond acceptors (Lipinski definition) is 6. The minimum Gasteiger partial charge on any atom is -0.320 e. The number of nitrogens with zero attached hydrogens (tertiary/aromatic N) is 2. The van der Waals surface area contributed by atoms with Crippen LogP contribution in [-0.2, 0) is 4.79 Å². The molecule has 3 aromatic rings. The first-order valence-corrected chi connectivity index (χ1v) is 9.41. The Balaban J connectivity index is 1.68. The van der Waals surface area contributed by atoms with Gasteiger partial charge in [-0.15, -0.1) is 11.3 Å². The minimum atomic E-state index is -0.573. The maximum Gasteiger partial charge on any atom is 0.292 e. The molecule has 1 aromatic heterocycles. The summed E-state index contributed by atoms with van der Waals surface area (Å²) in [5.74, 6) is -0.315. The van der Waals surface area contributed by atoms with Crippen molar-refractivity contribution in [3.05, 3.63) is 56.6 Å². The predicted molar refractivity (Wildman–Crippen MR) is 102 cm³/mol. The number of carbonyl (C=O) groups excluding carboxylic acids is 1. The molecule has 0 radical (unpaired) electrons. The van der Waals surface area contributed by atoms with E-state index in [1.165, 1.54) is 41.3 Å². The SMILES string of the molecule is O=C(CSc1nc2cc(Cl)ccc2s1)Nc1cc(Cl)ccc1[N+](=O)[O-]. The molecule has 0 spiro atoms. The summed E-state index contributed by atoms with van der Waals surface area (Å²) >= 11 is 14.5. The summed E-state index contributed by atoms with van der Waals surface area (Å²) in [5.41, 5.74) is 0.627. The number of carbonyl (C=O) groups is 1. The lowest BCUT2D eigenvalue weighted by Gasteiger charge is -2.05. The summed E-state index contributed by atoms with van der Waals surface area (Å²) in [4.78, 5) is 26.9. The van der Waals surface area contributed by atoms with Gasteiger partial charge in [0.2, 0.25) is 5.91 Å². The fourth-order valence-corrected chi connectivity index (χ4v) is 4.21. The van der Waals surface area contributed by atoms with Crippen molar-refractivity contribution in [2.24, 2.45) is 0 Å². The van der Waals surface area contributed by atoms with Crippen molar-refractivity contribution in [3.8, 4) is 0 Å². The lowest BCUT2D eigenvalue weighted by atomic mass is 10.2. The Morgan fingerprint density at radius 1 is 1.24 bits per heavy atom. The van der Waals surface area contributed by atoms with Gasteiger partial charge in [-0.3, -0.25) is 14.9 Å². The first-order chi connectivity index (χ1) is 11.9. The quantitative estimate of drug-likeness (QED) is 0.351. The lowest BCUT2D eigenvalue weighted by molar-refractivity contribution is -0.383. The highest BCUT2D eigenvalue weighted by atomic mass is 35.5. The van der Waals surface area contributed by atoms with Crippen LogP contribution in [0.1, 0.15) is 0 Å². The van der Waals surface area contributed by atoms with Gasteiger partial charge >= 0.3 is 0 Å². The van der Waals surface area contributed by atoms with Gasteiger partial charge in [-0.05, 0) is 30.3 Å². The standard InChI is InChI=1S/C15H9Cl2N3O3S2/c16-8-1-3-12(20(22)23)10(5-8)18-14(21)7-24-15-19-11-6-9(17)2-4-13(11)25-15/h1-6H,7H2,(H,18,21). The molecular weight excluding hydrogens is 405 g/mol. The first kappa shape index (κ1) is 17.9. The number of nitrogens with one attached hydrogen (secondary N) is 1. The second-order valence-corrected chi connectivity index (χ2v) is 7.97. The fraction of sp³-hybridized carbons (Fsp3) is 0.0667. The van der Waals surface area contributed by atoms with Crippen LogP contribution in [0.25, 0.3) is 10.2 Å². The second-order valence-electron chi connectivity index (χ2n) is 4.85. The molecule has 25 heavy (non-hydrogen) atoms. The number of thiazole rings is 1.